The average Bonchev–Trinajstić information content (AvgIpc) is 2.38. The summed E-state index contributed by atoms with van der Waals surface area (Å²) >= 11 is 1.45. The molecule has 0 aliphatic carbocycles. The van der Waals surface area contributed by atoms with Gasteiger partial charge in [-0.1, -0.05) is 36.5 Å². The van der Waals surface area contributed by atoms with Crippen LogP contribution in [0.1, 0.15) is 12.5 Å². The van der Waals surface area contributed by atoms with Gasteiger partial charge in [-0.15, -0.1) is 0 Å². The number of para-hydroxylation sites is 1. The Morgan fingerprint density at radius 1 is 1.33 bits per heavy atom. The summed E-state index contributed by atoms with van der Waals surface area (Å²) in [6, 6.07) is 9.51. The van der Waals surface area contributed by atoms with Crippen LogP contribution in [0.15, 0.2) is 53.1 Å². The minimum absolute atomic E-state index is 0.0759. The van der Waals surface area contributed by atoms with Gasteiger partial charge >= 0.3 is 0 Å². The monoisotopic (exact) mass is 258 g/mol. The molecule has 0 fully saturated rings. The van der Waals surface area contributed by atoms with Gasteiger partial charge in [-0.3, -0.25) is 9.36 Å². The Morgan fingerprint density at radius 2 is 2.00 bits per heavy atom. The lowest BCUT2D eigenvalue weighted by molar-refractivity contribution is 0.792. The van der Waals surface area contributed by atoms with Crippen molar-refractivity contribution in [2.75, 3.05) is 6.26 Å². The molecule has 0 amide bonds. The standard InChI is InChI=1S/C14H14N2OS/c1-10(2)12-9-15-14(18-3)16(13(12)17)11-7-5-4-6-8-11/h4-9H,1H2,2-3H3. The summed E-state index contributed by atoms with van der Waals surface area (Å²) in [5, 5.41) is 0.677. The Hall–Kier alpha value is -1.81. The molecule has 2 rings (SSSR count). The van der Waals surface area contributed by atoms with E-state index < -0.39 is 0 Å². The van der Waals surface area contributed by atoms with E-state index in [2.05, 4.69) is 11.6 Å². The SMILES string of the molecule is C=C(C)c1cnc(SC)n(-c2ccccc2)c1=O. The molecule has 1 aromatic carbocycles. The summed E-state index contributed by atoms with van der Waals surface area (Å²) in [6.07, 6.45) is 3.50. The van der Waals surface area contributed by atoms with E-state index >= 15 is 0 Å². The van der Waals surface area contributed by atoms with Crippen LogP contribution in [-0.4, -0.2) is 15.8 Å². The first-order valence-electron chi connectivity index (χ1n) is 5.52. The van der Waals surface area contributed by atoms with Crippen molar-refractivity contribution >= 4 is 17.3 Å². The molecule has 18 heavy (non-hydrogen) atoms. The third-order valence-corrected chi connectivity index (χ3v) is 3.24. The van der Waals surface area contributed by atoms with E-state index in [-0.39, 0.29) is 5.56 Å². The van der Waals surface area contributed by atoms with Crippen molar-refractivity contribution in [3.8, 4) is 5.69 Å². The van der Waals surface area contributed by atoms with Crippen molar-refractivity contribution in [2.45, 2.75) is 12.1 Å². The number of hydrogen-bond donors (Lipinski definition) is 0. The maximum atomic E-state index is 12.4. The molecule has 0 N–H and O–H groups in total. The lowest BCUT2D eigenvalue weighted by atomic mass is 10.2. The average molecular weight is 258 g/mol. The normalized spacial score (nSPS) is 10.3. The van der Waals surface area contributed by atoms with Crippen LogP contribution in [0.25, 0.3) is 11.3 Å². The summed E-state index contributed by atoms with van der Waals surface area (Å²) in [5.74, 6) is 0. The molecule has 1 aromatic heterocycles. The molecular formula is C14H14N2OS. The molecule has 0 saturated heterocycles. The van der Waals surface area contributed by atoms with Crippen molar-refractivity contribution in [3.05, 3.63) is 59.0 Å². The van der Waals surface area contributed by atoms with E-state index in [4.69, 9.17) is 0 Å². The van der Waals surface area contributed by atoms with Crippen LogP contribution in [0.3, 0.4) is 0 Å². The van der Waals surface area contributed by atoms with Crippen LogP contribution in [0.5, 0.6) is 0 Å². The van der Waals surface area contributed by atoms with Gasteiger partial charge in [-0.25, -0.2) is 4.98 Å². The first-order valence-corrected chi connectivity index (χ1v) is 6.75. The van der Waals surface area contributed by atoms with Crippen molar-refractivity contribution in [2.24, 2.45) is 0 Å². The number of aromatic nitrogens is 2. The molecule has 92 valence electrons. The molecular weight excluding hydrogens is 244 g/mol. The molecule has 0 radical (unpaired) electrons. The highest BCUT2D eigenvalue weighted by atomic mass is 32.2. The first-order chi connectivity index (χ1) is 8.65. The second-order valence-electron chi connectivity index (χ2n) is 3.92. The highest BCUT2D eigenvalue weighted by Crippen LogP contribution is 2.16. The van der Waals surface area contributed by atoms with Crippen LogP contribution in [0.2, 0.25) is 0 Å². The summed E-state index contributed by atoms with van der Waals surface area (Å²) in [4.78, 5) is 16.8. The minimum atomic E-state index is -0.0759. The van der Waals surface area contributed by atoms with Gasteiger partial charge in [0.1, 0.15) is 0 Å². The molecule has 0 aliphatic heterocycles. The lowest BCUT2D eigenvalue weighted by Crippen LogP contribution is -2.24. The van der Waals surface area contributed by atoms with E-state index in [0.717, 1.165) is 11.3 Å². The molecule has 0 spiro atoms. The predicted molar refractivity (Wildman–Crippen MR) is 76.3 cm³/mol. The number of nitrogens with zero attached hydrogens (tertiary/aromatic N) is 2. The number of benzene rings is 1. The van der Waals surface area contributed by atoms with Gasteiger partial charge in [0.05, 0.1) is 11.3 Å². The van der Waals surface area contributed by atoms with Crippen LogP contribution in [0, 0.1) is 0 Å². The molecule has 4 heteroatoms. The molecule has 0 aliphatic rings. The fraction of sp³-hybridized carbons (Fsp3) is 0.143. The highest BCUT2D eigenvalue weighted by Gasteiger charge is 2.11. The summed E-state index contributed by atoms with van der Waals surface area (Å²) in [7, 11) is 0. The van der Waals surface area contributed by atoms with E-state index in [1.807, 2.05) is 43.5 Å². The minimum Gasteiger partial charge on any atom is -0.268 e. The Morgan fingerprint density at radius 3 is 2.56 bits per heavy atom. The van der Waals surface area contributed by atoms with Crippen LogP contribution in [0.4, 0.5) is 0 Å². The molecule has 0 atom stereocenters. The van der Waals surface area contributed by atoms with E-state index in [0.29, 0.717) is 10.7 Å². The first kappa shape index (κ1) is 12.6. The third-order valence-electron chi connectivity index (χ3n) is 2.59. The maximum Gasteiger partial charge on any atom is 0.266 e. The van der Waals surface area contributed by atoms with Crippen molar-refractivity contribution in [1.29, 1.82) is 0 Å². The zero-order valence-electron chi connectivity index (χ0n) is 10.4. The molecule has 0 bridgehead atoms. The Labute approximate surface area is 110 Å². The van der Waals surface area contributed by atoms with Gasteiger partial charge in [0.15, 0.2) is 5.16 Å². The van der Waals surface area contributed by atoms with E-state index in [9.17, 15) is 4.79 Å². The van der Waals surface area contributed by atoms with Crippen LogP contribution < -0.4 is 5.56 Å². The fourth-order valence-electron chi connectivity index (χ4n) is 1.68. The molecule has 0 unspecified atom stereocenters. The number of thioether (sulfide) groups is 1. The third kappa shape index (κ3) is 2.24. The van der Waals surface area contributed by atoms with Crippen LogP contribution in [-0.2, 0) is 0 Å². The summed E-state index contributed by atoms with van der Waals surface area (Å²) < 4.78 is 1.62. The molecule has 1 heterocycles. The van der Waals surface area contributed by atoms with E-state index in [1.165, 1.54) is 11.8 Å². The number of allylic oxidation sites excluding steroid dienone is 1. The second kappa shape index (κ2) is 5.23. The van der Waals surface area contributed by atoms with Gasteiger partial charge in [0.25, 0.3) is 5.56 Å². The Kier molecular flexibility index (Phi) is 3.67. The van der Waals surface area contributed by atoms with Crippen molar-refractivity contribution < 1.29 is 0 Å². The van der Waals surface area contributed by atoms with E-state index in [1.54, 1.807) is 10.8 Å². The summed E-state index contributed by atoms with van der Waals surface area (Å²) in [5.41, 5.74) is 2.02. The lowest BCUT2D eigenvalue weighted by Gasteiger charge is -2.11. The highest BCUT2D eigenvalue weighted by molar-refractivity contribution is 7.98. The largest absolute Gasteiger partial charge is 0.268 e. The van der Waals surface area contributed by atoms with Gasteiger partial charge in [0.2, 0.25) is 0 Å². The predicted octanol–water partition coefficient (Wildman–Crippen LogP) is 2.99. The van der Waals surface area contributed by atoms with Crippen LogP contribution >= 0.6 is 11.8 Å². The van der Waals surface area contributed by atoms with Gasteiger partial charge in [-0.2, -0.15) is 0 Å². The zero-order chi connectivity index (χ0) is 13.1. The zero-order valence-corrected chi connectivity index (χ0v) is 11.2. The maximum absolute atomic E-state index is 12.4. The Balaban J connectivity index is 2.75. The molecule has 3 nitrogen and oxygen atoms in total. The number of rotatable bonds is 3. The molecule has 0 saturated carbocycles. The van der Waals surface area contributed by atoms with Gasteiger partial charge in [-0.05, 0) is 30.9 Å². The van der Waals surface area contributed by atoms with Gasteiger partial charge in [0, 0.05) is 6.20 Å². The molecule has 2 aromatic rings. The van der Waals surface area contributed by atoms with Crippen molar-refractivity contribution in [3.63, 3.8) is 0 Å². The summed E-state index contributed by atoms with van der Waals surface area (Å²) in [6.45, 7) is 5.63. The fourth-order valence-corrected chi connectivity index (χ4v) is 2.21. The van der Waals surface area contributed by atoms with Crippen molar-refractivity contribution in [1.82, 2.24) is 9.55 Å². The smallest absolute Gasteiger partial charge is 0.266 e. The quantitative estimate of drug-likeness (QED) is 0.627. The Bertz CT molecular complexity index is 632. The number of hydrogen-bond acceptors (Lipinski definition) is 3. The van der Waals surface area contributed by atoms with Gasteiger partial charge < -0.3 is 0 Å². The second-order valence-corrected chi connectivity index (χ2v) is 4.69. The topological polar surface area (TPSA) is 34.9 Å².